The number of rotatable bonds is 5. The van der Waals surface area contributed by atoms with E-state index >= 15 is 0 Å². The highest BCUT2D eigenvalue weighted by molar-refractivity contribution is 8.00. The molecule has 0 spiro atoms. The number of aromatic amines is 1. The third-order valence-electron chi connectivity index (χ3n) is 4.54. The van der Waals surface area contributed by atoms with Crippen molar-refractivity contribution in [3.8, 4) is 0 Å². The lowest BCUT2D eigenvalue weighted by atomic mass is 10.1. The molecule has 0 fully saturated rings. The lowest BCUT2D eigenvalue weighted by Gasteiger charge is -2.28. The van der Waals surface area contributed by atoms with Gasteiger partial charge in [-0.2, -0.15) is 0 Å². The molecule has 1 N–H and O–H groups in total. The fourth-order valence-corrected chi connectivity index (χ4v) is 4.94. The number of hydrogen-bond acceptors (Lipinski definition) is 4. The second-order valence-corrected chi connectivity index (χ2v) is 8.53. The number of carbonyl (C=O) groups is 1. The maximum atomic E-state index is 12.8. The summed E-state index contributed by atoms with van der Waals surface area (Å²) in [6, 6.07) is 18.4. The Morgan fingerprint density at radius 2 is 1.96 bits per heavy atom. The van der Waals surface area contributed by atoms with Crippen LogP contribution in [0.4, 0.5) is 5.69 Å². The largest absolute Gasteiger partial charge is 0.337 e. The molecule has 0 unspecified atom stereocenters. The van der Waals surface area contributed by atoms with Crippen molar-refractivity contribution in [1.82, 2.24) is 9.97 Å². The summed E-state index contributed by atoms with van der Waals surface area (Å²) in [7, 11) is 0. The zero-order valence-corrected chi connectivity index (χ0v) is 16.8. The number of hydrogen-bond donors (Lipinski definition) is 1. The van der Waals surface area contributed by atoms with E-state index in [2.05, 4.69) is 23.2 Å². The quantitative estimate of drug-likeness (QED) is 0.645. The van der Waals surface area contributed by atoms with Gasteiger partial charge in [-0.3, -0.25) is 4.79 Å². The number of H-pyrrole nitrogens is 1. The highest BCUT2D eigenvalue weighted by Crippen LogP contribution is 2.34. The van der Waals surface area contributed by atoms with Crippen molar-refractivity contribution in [1.29, 1.82) is 0 Å². The summed E-state index contributed by atoms with van der Waals surface area (Å²) in [5.74, 6) is 1.46. The highest BCUT2D eigenvalue weighted by atomic mass is 32.2. The minimum Gasteiger partial charge on any atom is -0.337 e. The van der Waals surface area contributed by atoms with Crippen LogP contribution in [0.3, 0.4) is 0 Å². The third kappa shape index (κ3) is 4.22. The van der Waals surface area contributed by atoms with Gasteiger partial charge in [-0.1, -0.05) is 54.2 Å². The SMILES string of the molecule is Cc1[nH]c(SCC(=O)N2CCSc3ccccc32)nc1Cc1ccccc1. The Bertz CT molecular complexity index is 940. The molecule has 0 saturated carbocycles. The Kier molecular flexibility index (Phi) is 5.55. The van der Waals surface area contributed by atoms with Crippen molar-refractivity contribution in [2.45, 2.75) is 23.4 Å². The van der Waals surface area contributed by atoms with Crippen LogP contribution in [0, 0.1) is 6.92 Å². The van der Waals surface area contributed by atoms with E-state index in [9.17, 15) is 4.79 Å². The zero-order valence-electron chi connectivity index (χ0n) is 15.1. The lowest BCUT2D eigenvalue weighted by Crippen LogP contribution is -2.36. The summed E-state index contributed by atoms with van der Waals surface area (Å²) in [6.07, 6.45) is 0.800. The van der Waals surface area contributed by atoms with Gasteiger partial charge in [0.15, 0.2) is 5.16 Å². The Labute approximate surface area is 167 Å². The van der Waals surface area contributed by atoms with Gasteiger partial charge < -0.3 is 9.88 Å². The van der Waals surface area contributed by atoms with E-state index in [0.717, 1.165) is 41.0 Å². The Balaban J connectivity index is 1.41. The molecule has 2 heterocycles. The second-order valence-electron chi connectivity index (χ2n) is 6.43. The van der Waals surface area contributed by atoms with Crippen molar-refractivity contribution in [3.63, 3.8) is 0 Å². The Morgan fingerprint density at radius 3 is 2.81 bits per heavy atom. The molecule has 1 aliphatic heterocycles. The van der Waals surface area contributed by atoms with E-state index in [1.165, 1.54) is 22.2 Å². The molecule has 4 nitrogen and oxygen atoms in total. The maximum absolute atomic E-state index is 12.8. The van der Waals surface area contributed by atoms with Crippen LogP contribution in [-0.2, 0) is 11.2 Å². The van der Waals surface area contributed by atoms with Gasteiger partial charge in [-0.25, -0.2) is 4.98 Å². The van der Waals surface area contributed by atoms with Gasteiger partial charge in [-0.05, 0) is 24.6 Å². The summed E-state index contributed by atoms with van der Waals surface area (Å²) >= 11 is 3.29. The molecule has 0 bridgehead atoms. The van der Waals surface area contributed by atoms with Crippen molar-refractivity contribution >= 4 is 35.1 Å². The van der Waals surface area contributed by atoms with Crippen molar-refractivity contribution in [2.24, 2.45) is 0 Å². The average molecular weight is 396 g/mol. The van der Waals surface area contributed by atoms with Gasteiger partial charge in [0.2, 0.25) is 5.91 Å². The van der Waals surface area contributed by atoms with E-state index < -0.39 is 0 Å². The fourth-order valence-electron chi connectivity index (χ4n) is 3.13. The van der Waals surface area contributed by atoms with Crippen LogP contribution in [-0.4, -0.2) is 33.9 Å². The van der Waals surface area contributed by atoms with Gasteiger partial charge >= 0.3 is 0 Å². The molecule has 2 aromatic carbocycles. The molecule has 27 heavy (non-hydrogen) atoms. The molecular weight excluding hydrogens is 374 g/mol. The maximum Gasteiger partial charge on any atom is 0.237 e. The third-order valence-corrected chi connectivity index (χ3v) is 6.44. The predicted octanol–water partition coefficient (Wildman–Crippen LogP) is 4.54. The number of fused-ring (bicyclic) bond motifs is 1. The summed E-state index contributed by atoms with van der Waals surface area (Å²) in [4.78, 5) is 23.9. The second kappa shape index (κ2) is 8.23. The first-order chi connectivity index (χ1) is 13.2. The van der Waals surface area contributed by atoms with E-state index in [-0.39, 0.29) is 5.91 Å². The number of aromatic nitrogens is 2. The number of anilines is 1. The van der Waals surface area contributed by atoms with Gasteiger partial charge in [0.1, 0.15) is 0 Å². The molecule has 3 aromatic rings. The van der Waals surface area contributed by atoms with Crippen LogP contribution in [0.5, 0.6) is 0 Å². The summed E-state index contributed by atoms with van der Waals surface area (Å²) in [5, 5.41) is 0.812. The van der Waals surface area contributed by atoms with Crippen LogP contribution < -0.4 is 4.90 Å². The van der Waals surface area contributed by atoms with E-state index in [1.807, 2.05) is 60.0 Å². The number of carbonyl (C=O) groups excluding carboxylic acids is 1. The summed E-state index contributed by atoms with van der Waals surface area (Å²) < 4.78 is 0. The first kappa shape index (κ1) is 18.2. The van der Waals surface area contributed by atoms with Gasteiger partial charge in [0, 0.05) is 29.3 Å². The van der Waals surface area contributed by atoms with Gasteiger partial charge in [0.25, 0.3) is 0 Å². The van der Waals surface area contributed by atoms with E-state index in [4.69, 9.17) is 4.98 Å². The smallest absolute Gasteiger partial charge is 0.237 e. The number of para-hydroxylation sites is 1. The zero-order chi connectivity index (χ0) is 18.6. The lowest BCUT2D eigenvalue weighted by molar-refractivity contribution is -0.116. The van der Waals surface area contributed by atoms with Crippen LogP contribution in [0.15, 0.2) is 64.6 Å². The number of nitrogens with one attached hydrogen (secondary N) is 1. The van der Waals surface area contributed by atoms with E-state index in [1.54, 1.807) is 0 Å². The monoisotopic (exact) mass is 395 g/mol. The number of thioether (sulfide) groups is 2. The number of imidazole rings is 1. The molecule has 6 heteroatoms. The first-order valence-electron chi connectivity index (χ1n) is 8.95. The molecular formula is C21H21N3OS2. The molecule has 4 rings (SSSR count). The molecule has 138 valence electrons. The normalized spacial score (nSPS) is 13.4. The Hall–Kier alpha value is -2.18. The number of amides is 1. The minimum absolute atomic E-state index is 0.131. The molecule has 0 aliphatic carbocycles. The molecule has 1 amide bonds. The van der Waals surface area contributed by atoms with Gasteiger partial charge in [-0.15, -0.1) is 11.8 Å². The molecule has 0 saturated heterocycles. The summed E-state index contributed by atoms with van der Waals surface area (Å²) in [5.41, 5.74) is 4.37. The number of nitrogens with zero attached hydrogens (tertiary/aromatic N) is 2. The van der Waals surface area contributed by atoms with Crippen molar-refractivity contribution in [3.05, 3.63) is 71.5 Å². The molecule has 0 atom stereocenters. The first-order valence-corrected chi connectivity index (χ1v) is 10.9. The predicted molar refractivity (Wildman–Crippen MR) is 113 cm³/mol. The summed E-state index contributed by atoms with van der Waals surface area (Å²) in [6.45, 7) is 2.80. The van der Waals surface area contributed by atoms with Crippen LogP contribution >= 0.6 is 23.5 Å². The Morgan fingerprint density at radius 1 is 1.19 bits per heavy atom. The fraction of sp³-hybridized carbons (Fsp3) is 0.238. The van der Waals surface area contributed by atoms with E-state index in [0.29, 0.717) is 5.75 Å². The topological polar surface area (TPSA) is 49.0 Å². The van der Waals surface area contributed by atoms with Crippen LogP contribution in [0.25, 0.3) is 0 Å². The molecule has 1 aliphatic rings. The van der Waals surface area contributed by atoms with Gasteiger partial charge in [0.05, 0.1) is 17.1 Å². The van der Waals surface area contributed by atoms with Crippen LogP contribution in [0.2, 0.25) is 0 Å². The average Bonchev–Trinajstić information content (AvgIpc) is 3.06. The molecule has 1 aromatic heterocycles. The van der Waals surface area contributed by atoms with Crippen molar-refractivity contribution < 1.29 is 4.79 Å². The molecule has 0 radical (unpaired) electrons. The van der Waals surface area contributed by atoms with Crippen LogP contribution in [0.1, 0.15) is 17.0 Å². The number of aryl methyl sites for hydroxylation is 1. The number of benzene rings is 2. The standard InChI is InChI=1S/C21H21N3OS2/c1-15-17(13-16-7-3-2-4-8-16)23-21(22-15)27-14-20(25)24-11-12-26-19-10-6-5-9-18(19)24/h2-10H,11-14H2,1H3,(H,22,23). The van der Waals surface area contributed by atoms with Crippen molar-refractivity contribution in [2.75, 3.05) is 23.0 Å². The highest BCUT2D eigenvalue weighted by Gasteiger charge is 2.23. The minimum atomic E-state index is 0.131.